The molecule has 124 valence electrons. The number of carbonyl (C=O) groups is 4. The van der Waals surface area contributed by atoms with Crippen molar-refractivity contribution in [2.75, 3.05) is 5.32 Å². The summed E-state index contributed by atoms with van der Waals surface area (Å²) in [6.45, 7) is 3.06. The zero-order valence-electron chi connectivity index (χ0n) is 13.2. The van der Waals surface area contributed by atoms with Gasteiger partial charge in [0, 0.05) is 19.8 Å². The Hall–Kier alpha value is -2.70. The molecule has 0 radical (unpaired) electrons. The highest BCUT2D eigenvalue weighted by molar-refractivity contribution is 6.04. The molecule has 0 fully saturated rings. The molecule has 1 aromatic rings. The second-order valence-corrected chi connectivity index (χ2v) is 5.09. The summed E-state index contributed by atoms with van der Waals surface area (Å²) in [4.78, 5) is 46.3. The molecule has 0 bridgehead atoms. The van der Waals surface area contributed by atoms with Crippen molar-refractivity contribution in [2.24, 2.45) is 5.73 Å². The van der Waals surface area contributed by atoms with Crippen LogP contribution in [0.4, 0.5) is 5.69 Å². The van der Waals surface area contributed by atoms with Crippen molar-refractivity contribution in [2.45, 2.75) is 39.2 Å². The standard InChI is InChI=1S/C16H21N3O4/c1-3-11(21)8-9-14(15(17)22)19-16(23)12-6-4-5-7-13(12)18-10(2)20/h4-7,14H,3,8-9H2,1-2H3,(H2,17,22)(H,18,20)(H,19,23)/t14-/m1/s1. The van der Waals surface area contributed by atoms with Crippen LogP contribution in [0.25, 0.3) is 0 Å². The van der Waals surface area contributed by atoms with Gasteiger partial charge in [0.15, 0.2) is 0 Å². The van der Waals surface area contributed by atoms with Crippen molar-refractivity contribution in [3.8, 4) is 0 Å². The number of nitrogens with one attached hydrogen (secondary N) is 2. The SMILES string of the molecule is CCC(=O)CC[C@@H](NC(=O)c1ccccc1NC(C)=O)C(N)=O. The zero-order valence-corrected chi connectivity index (χ0v) is 13.2. The molecule has 1 aromatic carbocycles. The Kier molecular flexibility index (Phi) is 6.92. The van der Waals surface area contributed by atoms with Gasteiger partial charge in [-0.05, 0) is 18.6 Å². The second-order valence-electron chi connectivity index (χ2n) is 5.09. The number of ketones is 1. The molecule has 0 saturated heterocycles. The van der Waals surface area contributed by atoms with Crippen LogP contribution in [0.15, 0.2) is 24.3 Å². The van der Waals surface area contributed by atoms with Gasteiger partial charge < -0.3 is 16.4 Å². The summed E-state index contributed by atoms with van der Waals surface area (Å²) in [5, 5.41) is 5.05. The molecular weight excluding hydrogens is 298 g/mol. The van der Waals surface area contributed by atoms with Crippen molar-refractivity contribution < 1.29 is 19.2 Å². The minimum atomic E-state index is -0.941. The number of benzene rings is 1. The number of amides is 3. The van der Waals surface area contributed by atoms with E-state index in [2.05, 4.69) is 10.6 Å². The number of Topliss-reactive ketones (excluding diaryl/α,β-unsaturated/α-hetero) is 1. The normalized spacial score (nSPS) is 11.4. The number of para-hydroxylation sites is 1. The van der Waals surface area contributed by atoms with Crippen LogP contribution in [0, 0.1) is 0 Å². The Morgan fingerprint density at radius 3 is 2.39 bits per heavy atom. The van der Waals surface area contributed by atoms with Crippen molar-refractivity contribution in [3.05, 3.63) is 29.8 Å². The largest absolute Gasteiger partial charge is 0.368 e. The second kappa shape index (κ2) is 8.67. The number of hydrogen-bond donors (Lipinski definition) is 3. The van der Waals surface area contributed by atoms with Gasteiger partial charge in [-0.25, -0.2) is 0 Å². The smallest absolute Gasteiger partial charge is 0.254 e. The van der Waals surface area contributed by atoms with Gasteiger partial charge in [0.2, 0.25) is 11.8 Å². The maximum absolute atomic E-state index is 12.3. The summed E-state index contributed by atoms with van der Waals surface area (Å²) >= 11 is 0. The maximum atomic E-state index is 12.3. The van der Waals surface area contributed by atoms with Crippen molar-refractivity contribution in [3.63, 3.8) is 0 Å². The molecule has 0 spiro atoms. The van der Waals surface area contributed by atoms with Crippen LogP contribution in [0.3, 0.4) is 0 Å². The average Bonchev–Trinajstić information content (AvgIpc) is 2.50. The number of carbonyl (C=O) groups excluding carboxylic acids is 4. The number of anilines is 1. The molecule has 0 aliphatic rings. The van der Waals surface area contributed by atoms with Crippen LogP contribution in [-0.4, -0.2) is 29.5 Å². The molecule has 1 atom stereocenters. The Morgan fingerprint density at radius 2 is 1.83 bits per heavy atom. The van der Waals surface area contributed by atoms with Gasteiger partial charge in [0.1, 0.15) is 11.8 Å². The molecule has 0 heterocycles. The van der Waals surface area contributed by atoms with Crippen molar-refractivity contribution in [1.29, 1.82) is 0 Å². The Morgan fingerprint density at radius 1 is 1.17 bits per heavy atom. The summed E-state index contributed by atoms with van der Waals surface area (Å²) < 4.78 is 0. The van der Waals surface area contributed by atoms with Gasteiger partial charge in [0.05, 0.1) is 11.3 Å². The number of hydrogen-bond acceptors (Lipinski definition) is 4. The summed E-state index contributed by atoms with van der Waals surface area (Å²) in [5.74, 6) is -1.57. The fourth-order valence-electron chi connectivity index (χ4n) is 1.98. The fourth-order valence-corrected chi connectivity index (χ4v) is 1.98. The molecule has 7 heteroatoms. The molecule has 0 aliphatic carbocycles. The molecule has 0 aromatic heterocycles. The van der Waals surface area contributed by atoms with Gasteiger partial charge in [0.25, 0.3) is 5.91 Å². The van der Waals surface area contributed by atoms with E-state index in [1.54, 1.807) is 25.1 Å². The lowest BCUT2D eigenvalue weighted by Crippen LogP contribution is -2.44. The lowest BCUT2D eigenvalue weighted by atomic mass is 10.1. The minimum Gasteiger partial charge on any atom is -0.368 e. The molecular formula is C16H21N3O4. The number of primary amides is 1. The summed E-state index contributed by atoms with van der Waals surface area (Å²) in [5.41, 5.74) is 5.83. The first-order valence-electron chi connectivity index (χ1n) is 7.33. The first-order chi connectivity index (χ1) is 10.8. The molecule has 0 unspecified atom stereocenters. The van der Waals surface area contributed by atoms with E-state index in [4.69, 9.17) is 5.73 Å². The van der Waals surface area contributed by atoms with Gasteiger partial charge in [-0.2, -0.15) is 0 Å². The zero-order chi connectivity index (χ0) is 17.4. The van der Waals surface area contributed by atoms with E-state index in [9.17, 15) is 19.2 Å². The predicted octanol–water partition coefficient (Wildman–Crippen LogP) is 0.988. The monoisotopic (exact) mass is 319 g/mol. The molecule has 1 rings (SSSR count). The van der Waals surface area contributed by atoms with E-state index in [1.165, 1.54) is 13.0 Å². The highest BCUT2D eigenvalue weighted by Crippen LogP contribution is 2.15. The van der Waals surface area contributed by atoms with Crippen LogP contribution in [0.5, 0.6) is 0 Å². The summed E-state index contributed by atoms with van der Waals surface area (Å²) in [6.07, 6.45) is 0.679. The Bertz CT molecular complexity index is 613. The predicted molar refractivity (Wildman–Crippen MR) is 85.7 cm³/mol. The van der Waals surface area contributed by atoms with Crippen LogP contribution in [0.2, 0.25) is 0 Å². The van der Waals surface area contributed by atoms with Crippen LogP contribution in [0.1, 0.15) is 43.5 Å². The van der Waals surface area contributed by atoms with Crippen molar-refractivity contribution >= 4 is 29.2 Å². The van der Waals surface area contributed by atoms with Gasteiger partial charge in [-0.3, -0.25) is 19.2 Å². The third-order valence-electron chi connectivity index (χ3n) is 3.24. The Balaban J connectivity index is 2.85. The minimum absolute atomic E-state index is 0.0101. The third-order valence-corrected chi connectivity index (χ3v) is 3.24. The third kappa shape index (κ3) is 5.90. The maximum Gasteiger partial charge on any atom is 0.254 e. The summed E-state index contributed by atoms with van der Waals surface area (Å²) in [7, 11) is 0. The van der Waals surface area contributed by atoms with E-state index in [-0.39, 0.29) is 30.1 Å². The Labute approximate surface area is 134 Å². The molecule has 0 saturated carbocycles. The van der Waals surface area contributed by atoms with Crippen LogP contribution < -0.4 is 16.4 Å². The molecule has 3 amide bonds. The quantitative estimate of drug-likeness (QED) is 0.662. The molecule has 0 aliphatic heterocycles. The van der Waals surface area contributed by atoms with E-state index >= 15 is 0 Å². The highest BCUT2D eigenvalue weighted by Gasteiger charge is 2.21. The van der Waals surface area contributed by atoms with Gasteiger partial charge in [-0.1, -0.05) is 19.1 Å². The lowest BCUT2D eigenvalue weighted by molar-refractivity contribution is -0.121. The molecule has 23 heavy (non-hydrogen) atoms. The van der Waals surface area contributed by atoms with Crippen LogP contribution >= 0.6 is 0 Å². The van der Waals surface area contributed by atoms with E-state index in [1.807, 2.05) is 0 Å². The first kappa shape index (κ1) is 18.3. The van der Waals surface area contributed by atoms with Gasteiger partial charge >= 0.3 is 0 Å². The summed E-state index contributed by atoms with van der Waals surface area (Å²) in [6, 6.07) is 5.48. The molecule has 7 nitrogen and oxygen atoms in total. The number of nitrogens with two attached hydrogens (primary N) is 1. The topological polar surface area (TPSA) is 118 Å². The lowest BCUT2D eigenvalue weighted by Gasteiger charge is -2.16. The number of rotatable bonds is 8. The van der Waals surface area contributed by atoms with Crippen LogP contribution in [-0.2, 0) is 14.4 Å². The first-order valence-corrected chi connectivity index (χ1v) is 7.33. The molecule has 4 N–H and O–H groups in total. The van der Waals surface area contributed by atoms with Crippen molar-refractivity contribution in [1.82, 2.24) is 5.32 Å². The average molecular weight is 319 g/mol. The van der Waals surface area contributed by atoms with Gasteiger partial charge in [-0.15, -0.1) is 0 Å². The van der Waals surface area contributed by atoms with E-state index < -0.39 is 17.9 Å². The van der Waals surface area contributed by atoms with E-state index in [0.29, 0.717) is 12.1 Å². The highest BCUT2D eigenvalue weighted by atomic mass is 16.2. The fraction of sp³-hybridized carbons (Fsp3) is 0.375. The van der Waals surface area contributed by atoms with E-state index in [0.717, 1.165) is 0 Å².